The number of benzene rings is 1. The molecule has 1 aliphatic carbocycles. The van der Waals surface area contributed by atoms with Gasteiger partial charge in [0.15, 0.2) is 0 Å². The molecule has 1 N–H and O–H groups in total. The molecule has 5 nitrogen and oxygen atoms in total. The zero-order valence-electron chi connectivity index (χ0n) is 12.6. The molecule has 1 heterocycles. The maximum atomic E-state index is 12.3. The van der Waals surface area contributed by atoms with E-state index in [9.17, 15) is 8.42 Å². The summed E-state index contributed by atoms with van der Waals surface area (Å²) in [4.78, 5) is 4.48. The van der Waals surface area contributed by atoms with E-state index in [-0.39, 0.29) is 16.5 Å². The first-order valence-corrected chi connectivity index (χ1v) is 9.14. The summed E-state index contributed by atoms with van der Waals surface area (Å²) in [6, 6.07) is 8.23. The van der Waals surface area contributed by atoms with Gasteiger partial charge in [0.05, 0.1) is 17.0 Å². The van der Waals surface area contributed by atoms with Crippen LogP contribution in [0, 0.1) is 0 Å². The van der Waals surface area contributed by atoms with E-state index >= 15 is 0 Å². The molecule has 0 aliphatic heterocycles. The lowest BCUT2D eigenvalue weighted by molar-refractivity contribution is 0.414. The van der Waals surface area contributed by atoms with E-state index in [1.165, 1.54) is 38.2 Å². The average Bonchev–Trinajstić information content (AvgIpc) is 3.38. The third kappa shape index (κ3) is 3.83. The fraction of sp³-hybridized carbons (Fsp3) is 0.312. The molecular formula is C16H17ClN2O3S. The minimum Gasteiger partial charge on any atom is -0.495 e. The molecule has 1 aliphatic rings. The second-order valence-electron chi connectivity index (χ2n) is 5.49. The van der Waals surface area contributed by atoms with Gasteiger partial charge in [-0.15, -0.1) is 0 Å². The van der Waals surface area contributed by atoms with Crippen LogP contribution in [0.5, 0.6) is 5.75 Å². The van der Waals surface area contributed by atoms with Crippen LogP contribution in [0.1, 0.15) is 30.0 Å². The van der Waals surface area contributed by atoms with Crippen LogP contribution < -0.4 is 9.46 Å². The Morgan fingerprint density at radius 1 is 1.30 bits per heavy atom. The lowest BCUT2D eigenvalue weighted by Gasteiger charge is -2.09. The average molecular weight is 353 g/mol. The van der Waals surface area contributed by atoms with Crippen molar-refractivity contribution >= 4 is 21.6 Å². The summed E-state index contributed by atoms with van der Waals surface area (Å²) in [7, 11) is -2.16. The van der Waals surface area contributed by atoms with Crippen LogP contribution >= 0.6 is 11.6 Å². The highest BCUT2D eigenvalue weighted by atomic mass is 35.5. The summed E-state index contributed by atoms with van der Waals surface area (Å²) < 4.78 is 32.2. The highest BCUT2D eigenvalue weighted by Crippen LogP contribution is 2.38. The zero-order chi connectivity index (χ0) is 16.4. The quantitative estimate of drug-likeness (QED) is 0.867. The highest BCUT2D eigenvalue weighted by Gasteiger charge is 2.24. The molecule has 0 amide bonds. The number of methoxy groups -OCH3 is 1. The first-order valence-electron chi connectivity index (χ1n) is 7.27. The second-order valence-corrected chi connectivity index (χ2v) is 7.66. The number of hydrogen-bond donors (Lipinski definition) is 1. The first-order chi connectivity index (χ1) is 11.0. The summed E-state index contributed by atoms with van der Waals surface area (Å²) in [5.74, 6) is 1.02. The molecule has 2 aromatic rings. The molecule has 0 bridgehead atoms. The van der Waals surface area contributed by atoms with Crippen molar-refractivity contribution in [3.8, 4) is 5.75 Å². The fourth-order valence-electron chi connectivity index (χ4n) is 2.24. The van der Waals surface area contributed by atoms with Gasteiger partial charge in [-0.2, -0.15) is 0 Å². The number of rotatable bonds is 6. The van der Waals surface area contributed by atoms with Crippen LogP contribution in [0.15, 0.2) is 41.4 Å². The van der Waals surface area contributed by atoms with E-state index < -0.39 is 10.0 Å². The number of nitrogens with one attached hydrogen (secondary N) is 1. The van der Waals surface area contributed by atoms with Gasteiger partial charge in [0.2, 0.25) is 10.0 Å². The highest BCUT2D eigenvalue weighted by molar-refractivity contribution is 7.89. The number of halogens is 1. The number of pyridine rings is 1. The van der Waals surface area contributed by atoms with Crippen molar-refractivity contribution in [2.24, 2.45) is 0 Å². The topological polar surface area (TPSA) is 68.3 Å². The molecule has 0 saturated heterocycles. The van der Waals surface area contributed by atoms with E-state index in [0.29, 0.717) is 11.7 Å². The Hall–Kier alpha value is -1.63. The third-order valence-electron chi connectivity index (χ3n) is 3.74. The van der Waals surface area contributed by atoms with Crippen molar-refractivity contribution in [1.29, 1.82) is 0 Å². The van der Waals surface area contributed by atoms with Gasteiger partial charge in [-0.25, -0.2) is 13.1 Å². The minimum atomic E-state index is -3.64. The number of aromatic nitrogens is 1. The van der Waals surface area contributed by atoms with Crippen molar-refractivity contribution < 1.29 is 13.2 Å². The predicted octanol–water partition coefficient (Wildman–Crippen LogP) is 3.10. The Labute approximate surface area is 140 Å². The van der Waals surface area contributed by atoms with Crippen molar-refractivity contribution in [2.45, 2.75) is 30.2 Å². The lowest BCUT2D eigenvalue weighted by Crippen LogP contribution is -2.23. The molecule has 1 fully saturated rings. The maximum Gasteiger partial charge on any atom is 0.240 e. The number of sulfonamides is 1. The molecule has 7 heteroatoms. The summed E-state index contributed by atoms with van der Waals surface area (Å²) >= 11 is 5.98. The van der Waals surface area contributed by atoms with Crippen LogP contribution in [0.4, 0.5) is 0 Å². The van der Waals surface area contributed by atoms with Gasteiger partial charge in [0.1, 0.15) is 5.75 Å². The Morgan fingerprint density at radius 2 is 2.09 bits per heavy atom. The van der Waals surface area contributed by atoms with E-state index in [0.717, 1.165) is 11.3 Å². The minimum absolute atomic E-state index is 0.103. The van der Waals surface area contributed by atoms with Crippen molar-refractivity contribution in [2.75, 3.05) is 7.11 Å². The predicted molar refractivity (Wildman–Crippen MR) is 88.2 cm³/mol. The Balaban J connectivity index is 1.69. The molecular weight excluding hydrogens is 336 g/mol. The van der Waals surface area contributed by atoms with Gasteiger partial charge in [0, 0.05) is 24.4 Å². The van der Waals surface area contributed by atoms with Crippen LogP contribution in [0.3, 0.4) is 0 Å². The fourth-order valence-corrected chi connectivity index (χ4v) is 3.60. The van der Waals surface area contributed by atoms with Gasteiger partial charge in [-0.05, 0) is 42.7 Å². The second kappa shape index (κ2) is 6.47. The van der Waals surface area contributed by atoms with E-state index in [2.05, 4.69) is 9.71 Å². The molecule has 1 aromatic carbocycles. The maximum absolute atomic E-state index is 12.3. The summed E-state index contributed by atoms with van der Waals surface area (Å²) in [6.07, 6.45) is 4.10. The Kier molecular flexibility index (Phi) is 4.57. The summed E-state index contributed by atoms with van der Waals surface area (Å²) in [5.41, 5.74) is 1.90. The molecule has 0 spiro atoms. The lowest BCUT2D eigenvalue weighted by atomic mass is 10.2. The molecule has 0 radical (unpaired) electrons. The number of ether oxygens (including phenoxy) is 1. The van der Waals surface area contributed by atoms with Crippen LogP contribution in [0.2, 0.25) is 5.02 Å². The monoisotopic (exact) mass is 352 g/mol. The van der Waals surface area contributed by atoms with Gasteiger partial charge in [-0.1, -0.05) is 17.7 Å². The zero-order valence-corrected chi connectivity index (χ0v) is 14.2. The Bertz CT molecular complexity index is 803. The van der Waals surface area contributed by atoms with Gasteiger partial charge in [0.25, 0.3) is 0 Å². The number of nitrogens with zero attached hydrogens (tertiary/aromatic N) is 1. The first kappa shape index (κ1) is 16.2. The molecule has 3 rings (SSSR count). The van der Waals surface area contributed by atoms with Crippen molar-refractivity contribution in [3.63, 3.8) is 0 Å². The SMILES string of the molecule is COc1ccc(S(=O)(=O)NCc2ccc(C3CC3)nc2)cc1Cl. The molecule has 0 unspecified atom stereocenters. The van der Waals surface area contributed by atoms with E-state index in [1.807, 2.05) is 12.1 Å². The molecule has 0 atom stereocenters. The van der Waals surface area contributed by atoms with E-state index in [4.69, 9.17) is 16.3 Å². The van der Waals surface area contributed by atoms with Crippen LogP contribution in [0.25, 0.3) is 0 Å². The largest absolute Gasteiger partial charge is 0.495 e. The smallest absolute Gasteiger partial charge is 0.240 e. The van der Waals surface area contributed by atoms with Gasteiger partial charge in [-0.3, -0.25) is 4.98 Å². The molecule has 122 valence electrons. The molecule has 23 heavy (non-hydrogen) atoms. The van der Waals surface area contributed by atoms with Gasteiger partial charge >= 0.3 is 0 Å². The van der Waals surface area contributed by atoms with Crippen molar-refractivity contribution in [3.05, 3.63) is 52.8 Å². The number of hydrogen-bond acceptors (Lipinski definition) is 4. The van der Waals surface area contributed by atoms with Crippen LogP contribution in [-0.2, 0) is 16.6 Å². The molecule has 1 saturated carbocycles. The third-order valence-corrected chi connectivity index (χ3v) is 5.44. The Morgan fingerprint density at radius 3 is 2.65 bits per heavy atom. The summed E-state index contributed by atoms with van der Waals surface area (Å²) in [5, 5.41) is 0.255. The molecule has 1 aromatic heterocycles. The van der Waals surface area contributed by atoms with Crippen LogP contribution in [-0.4, -0.2) is 20.5 Å². The standard InChI is InChI=1S/C16H17ClN2O3S/c1-22-16-7-5-13(8-14(16)17)23(20,21)19-10-11-2-6-15(18-9-11)12-3-4-12/h2,5-9,12,19H,3-4,10H2,1H3. The van der Waals surface area contributed by atoms with Gasteiger partial charge < -0.3 is 4.74 Å². The van der Waals surface area contributed by atoms with Crippen molar-refractivity contribution in [1.82, 2.24) is 9.71 Å². The van der Waals surface area contributed by atoms with E-state index in [1.54, 1.807) is 6.20 Å². The summed E-state index contributed by atoms with van der Waals surface area (Å²) in [6.45, 7) is 0.184. The normalized spacial score (nSPS) is 14.7.